The maximum absolute atomic E-state index is 13.0. The van der Waals surface area contributed by atoms with Crippen LogP contribution in [0.15, 0.2) is 59.5 Å². The number of ether oxygens (including phenoxy) is 1. The molecule has 0 aliphatic heterocycles. The molecule has 7 heteroatoms. The Hall–Kier alpha value is -2.64. The van der Waals surface area contributed by atoms with Crippen molar-refractivity contribution in [3.05, 3.63) is 70.6 Å². The highest BCUT2D eigenvalue weighted by Crippen LogP contribution is 2.37. The number of carbonyl (C=O) groups is 1. The third kappa shape index (κ3) is 5.09. The maximum atomic E-state index is 13.0. The molecule has 0 atom stereocenters. The van der Waals surface area contributed by atoms with E-state index in [1.165, 1.54) is 17.4 Å². The summed E-state index contributed by atoms with van der Waals surface area (Å²) < 4.78 is 34.1. The Labute approximate surface area is 181 Å². The lowest BCUT2D eigenvalue weighted by atomic mass is 10.1. The minimum atomic E-state index is -3.87. The van der Waals surface area contributed by atoms with Crippen LogP contribution in [0, 0.1) is 13.8 Å². The van der Waals surface area contributed by atoms with Crippen LogP contribution in [0.1, 0.15) is 41.6 Å². The van der Waals surface area contributed by atoms with E-state index in [1.54, 1.807) is 52.0 Å². The number of anilines is 1. The summed E-state index contributed by atoms with van der Waals surface area (Å²) in [5.74, 6) is -0.562. The number of sulfonamides is 1. The average molecular weight is 444 g/mol. The van der Waals surface area contributed by atoms with Gasteiger partial charge in [-0.15, -0.1) is 11.3 Å². The standard InChI is InChI=1S/C23H25NO4S2/c1-15-10-12-17(13-11-15)19-14-18(21(29-19)22(25)28-23(3,4)5)24-30(26,27)20-9-7-6-8-16(20)2/h6-14,24H,1-5H3. The highest BCUT2D eigenvalue weighted by molar-refractivity contribution is 7.92. The van der Waals surface area contributed by atoms with Gasteiger partial charge in [0, 0.05) is 4.88 Å². The van der Waals surface area contributed by atoms with Crippen molar-refractivity contribution in [1.82, 2.24) is 0 Å². The van der Waals surface area contributed by atoms with Gasteiger partial charge in [0.2, 0.25) is 0 Å². The highest BCUT2D eigenvalue weighted by atomic mass is 32.2. The van der Waals surface area contributed by atoms with E-state index in [4.69, 9.17) is 4.74 Å². The molecular formula is C23H25NO4S2. The van der Waals surface area contributed by atoms with E-state index in [0.717, 1.165) is 16.0 Å². The van der Waals surface area contributed by atoms with Gasteiger partial charge in [0.05, 0.1) is 10.6 Å². The quantitative estimate of drug-likeness (QED) is 0.507. The fourth-order valence-corrected chi connectivity index (χ4v) is 5.23. The third-order valence-corrected chi connectivity index (χ3v) is 6.97. The molecule has 3 aromatic rings. The molecular weight excluding hydrogens is 418 g/mol. The minimum Gasteiger partial charge on any atom is -0.456 e. The first-order valence-corrected chi connectivity index (χ1v) is 11.8. The van der Waals surface area contributed by atoms with Gasteiger partial charge in [0.25, 0.3) is 10.0 Å². The second kappa shape index (κ2) is 8.24. The predicted molar refractivity (Wildman–Crippen MR) is 122 cm³/mol. The van der Waals surface area contributed by atoms with E-state index < -0.39 is 21.6 Å². The SMILES string of the molecule is Cc1ccc(-c2cc(NS(=O)(=O)c3ccccc3C)c(C(=O)OC(C)(C)C)s2)cc1. The summed E-state index contributed by atoms with van der Waals surface area (Å²) in [6.45, 7) is 9.05. The molecule has 0 unspecified atom stereocenters. The Morgan fingerprint density at radius 2 is 1.63 bits per heavy atom. The largest absolute Gasteiger partial charge is 0.456 e. The number of hydrogen-bond acceptors (Lipinski definition) is 5. The molecule has 1 N–H and O–H groups in total. The molecule has 0 radical (unpaired) electrons. The van der Waals surface area contributed by atoms with Crippen molar-refractivity contribution in [3.63, 3.8) is 0 Å². The van der Waals surface area contributed by atoms with E-state index in [9.17, 15) is 13.2 Å². The maximum Gasteiger partial charge on any atom is 0.351 e. The fraction of sp³-hybridized carbons (Fsp3) is 0.261. The van der Waals surface area contributed by atoms with Crippen LogP contribution in [0.4, 0.5) is 5.69 Å². The lowest BCUT2D eigenvalue weighted by Gasteiger charge is -2.19. The molecule has 0 saturated carbocycles. The van der Waals surface area contributed by atoms with E-state index in [1.807, 2.05) is 31.2 Å². The summed E-state index contributed by atoms with van der Waals surface area (Å²) in [4.78, 5) is 14.0. The molecule has 2 aromatic carbocycles. The lowest BCUT2D eigenvalue weighted by molar-refractivity contribution is 0.00764. The van der Waals surface area contributed by atoms with Gasteiger partial charge in [0.15, 0.2) is 0 Å². The molecule has 0 fully saturated rings. The van der Waals surface area contributed by atoms with Crippen molar-refractivity contribution in [2.45, 2.75) is 45.1 Å². The molecule has 0 saturated heterocycles. The first-order valence-electron chi connectivity index (χ1n) is 9.49. The molecule has 158 valence electrons. The van der Waals surface area contributed by atoms with E-state index >= 15 is 0 Å². The number of hydrogen-bond donors (Lipinski definition) is 1. The summed E-state index contributed by atoms with van der Waals surface area (Å²) in [7, 11) is -3.87. The number of nitrogens with one attached hydrogen (secondary N) is 1. The summed E-state index contributed by atoms with van der Waals surface area (Å²) in [6.07, 6.45) is 0. The van der Waals surface area contributed by atoms with Crippen molar-refractivity contribution >= 4 is 33.0 Å². The second-order valence-electron chi connectivity index (χ2n) is 8.09. The molecule has 0 spiro atoms. The summed E-state index contributed by atoms with van der Waals surface area (Å²) in [6, 6.07) is 16.2. The number of rotatable bonds is 5. The van der Waals surface area contributed by atoms with Crippen LogP contribution in [-0.4, -0.2) is 20.0 Å². The van der Waals surface area contributed by atoms with Gasteiger partial charge < -0.3 is 4.74 Å². The monoisotopic (exact) mass is 443 g/mol. The zero-order valence-corrected chi connectivity index (χ0v) is 19.3. The number of aryl methyl sites for hydroxylation is 2. The second-order valence-corrected chi connectivity index (χ2v) is 10.8. The zero-order chi connectivity index (χ0) is 22.1. The van der Waals surface area contributed by atoms with Gasteiger partial charge in [-0.1, -0.05) is 48.0 Å². The molecule has 3 rings (SSSR count). The topological polar surface area (TPSA) is 72.5 Å². The van der Waals surface area contributed by atoms with Crippen LogP contribution in [0.25, 0.3) is 10.4 Å². The fourth-order valence-electron chi connectivity index (χ4n) is 2.86. The number of benzene rings is 2. The van der Waals surface area contributed by atoms with Gasteiger partial charge in [-0.25, -0.2) is 13.2 Å². The van der Waals surface area contributed by atoms with Gasteiger partial charge in [-0.05, 0) is 57.9 Å². The predicted octanol–water partition coefficient (Wildman–Crippen LogP) is 5.79. The van der Waals surface area contributed by atoms with Gasteiger partial charge in [-0.2, -0.15) is 0 Å². The van der Waals surface area contributed by atoms with Crippen molar-refractivity contribution in [3.8, 4) is 10.4 Å². The third-order valence-electron chi connectivity index (χ3n) is 4.28. The van der Waals surface area contributed by atoms with Crippen molar-refractivity contribution < 1.29 is 17.9 Å². The molecule has 1 heterocycles. The molecule has 0 aliphatic rings. The Morgan fingerprint density at radius 1 is 1.00 bits per heavy atom. The molecule has 1 aromatic heterocycles. The Kier molecular flexibility index (Phi) is 6.06. The first kappa shape index (κ1) is 22.1. The van der Waals surface area contributed by atoms with E-state index in [0.29, 0.717) is 5.56 Å². The van der Waals surface area contributed by atoms with Gasteiger partial charge in [-0.3, -0.25) is 4.72 Å². The van der Waals surface area contributed by atoms with Crippen LogP contribution in [0.2, 0.25) is 0 Å². The zero-order valence-electron chi connectivity index (χ0n) is 17.6. The Bertz CT molecular complexity index is 1170. The van der Waals surface area contributed by atoms with E-state index in [-0.39, 0.29) is 15.5 Å². The van der Waals surface area contributed by atoms with Gasteiger partial charge in [0.1, 0.15) is 10.5 Å². The van der Waals surface area contributed by atoms with Crippen molar-refractivity contribution in [2.75, 3.05) is 4.72 Å². The number of esters is 1. The lowest BCUT2D eigenvalue weighted by Crippen LogP contribution is -2.24. The average Bonchev–Trinajstić information content (AvgIpc) is 3.04. The van der Waals surface area contributed by atoms with E-state index in [2.05, 4.69) is 4.72 Å². The van der Waals surface area contributed by atoms with Gasteiger partial charge >= 0.3 is 5.97 Å². The molecule has 0 aliphatic carbocycles. The van der Waals surface area contributed by atoms with Crippen LogP contribution < -0.4 is 4.72 Å². The van der Waals surface area contributed by atoms with Crippen molar-refractivity contribution in [1.29, 1.82) is 0 Å². The summed E-state index contributed by atoms with van der Waals surface area (Å²) >= 11 is 1.21. The number of thiophene rings is 1. The van der Waals surface area contributed by atoms with Crippen LogP contribution in [-0.2, 0) is 14.8 Å². The molecule has 30 heavy (non-hydrogen) atoms. The summed E-state index contributed by atoms with van der Waals surface area (Å²) in [5, 5.41) is 0. The number of carbonyl (C=O) groups excluding carboxylic acids is 1. The van der Waals surface area contributed by atoms with Crippen LogP contribution >= 0.6 is 11.3 Å². The normalized spacial score (nSPS) is 11.9. The summed E-state index contributed by atoms with van der Waals surface area (Å²) in [5.41, 5.74) is 2.16. The van der Waals surface area contributed by atoms with Crippen LogP contribution in [0.5, 0.6) is 0 Å². The Morgan fingerprint density at radius 3 is 2.23 bits per heavy atom. The van der Waals surface area contributed by atoms with Crippen molar-refractivity contribution in [2.24, 2.45) is 0 Å². The van der Waals surface area contributed by atoms with Crippen LogP contribution in [0.3, 0.4) is 0 Å². The molecule has 5 nitrogen and oxygen atoms in total. The Balaban J connectivity index is 2.06. The minimum absolute atomic E-state index is 0.170. The molecule has 0 bridgehead atoms. The smallest absolute Gasteiger partial charge is 0.351 e. The highest BCUT2D eigenvalue weighted by Gasteiger charge is 2.26. The molecule has 0 amide bonds. The first-order chi connectivity index (χ1) is 14.0.